The predicted molar refractivity (Wildman–Crippen MR) is 107 cm³/mol. The minimum Gasteiger partial charge on any atom is -0.476 e. The highest BCUT2D eigenvalue weighted by Gasteiger charge is 2.30. The Balaban J connectivity index is 1.59. The molecule has 9 nitrogen and oxygen atoms in total. The van der Waals surface area contributed by atoms with Gasteiger partial charge >= 0.3 is 6.09 Å². The Morgan fingerprint density at radius 2 is 2.10 bits per heavy atom. The average Bonchev–Trinajstić information content (AvgIpc) is 2.66. The van der Waals surface area contributed by atoms with Crippen molar-refractivity contribution in [1.82, 2.24) is 14.9 Å². The number of rotatable bonds is 5. The Bertz CT molecular complexity index is 896. The van der Waals surface area contributed by atoms with Gasteiger partial charge in [0.15, 0.2) is 0 Å². The SMILES string of the molecule is CC(C)(C)OC(=O)N1CCCCC1CCOc1cnc2cc([N+](=O)[O-])ccc2n1. The lowest BCUT2D eigenvalue weighted by atomic mass is 10.0. The minimum absolute atomic E-state index is 0.0278. The van der Waals surface area contributed by atoms with Crippen LogP contribution in [-0.2, 0) is 4.74 Å². The number of benzene rings is 1. The van der Waals surface area contributed by atoms with Crippen LogP contribution in [0.15, 0.2) is 24.4 Å². The molecule has 2 heterocycles. The van der Waals surface area contributed by atoms with Crippen LogP contribution in [0, 0.1) is 10.1 Å². The molecule has 156 valence electrons. The Labute approximate surface area is 169 Å². The number of nitro groups is 1. The molecule has 1 atom stereocenters. The molecule has 1 unspecified atom stereocenters. The highest BCUT2D eigenvalue weighted by molar-refractivity contribution is 5.77. The molecule has 9 heteroatoms. The monoisotopic (exact) mass is 402 g/mol. The first-order valence-corrected chi connectivity index (χ1v) is 9.76. The molecule has 2 aromatic rings. The lowest BCUT2D eigenvalue weighted by Crippen LogP contribution is -2.46. The van der Waals surface area contributed by atoms with E-state index in [1.807, 2.05) is 20.8 Å². The van der Waals surface area contributed by atoms with Gasteiger partial charge in [-0.25, -0.2) is 14.8 Å². The topological polar surface area (TPSA) is 108 Å². The Hall–Kier alpha value is -2.97. The van der Waals surface area contributed by atoms with Crippen molar-refractivity contribution >= 4 is 22.8 Å². The summed E-state index contributed by atoms with van der Waals surface area (Å²) in [7, 11) is 0. The van der Waals surface area contributed by atoms with Crippen LogP contribution >= 0.6 is 0 Å². The molecule has 1 saturated heterocycles. The minimum atomic E-state index is -0.522. The van der Waals surface area contributed by atoms with Crippen molar-refractivity contribution in [2.75, 3.05) is 13.2 Å². The molecule has 1 aliphatic rings. The van der Waals surface area contributed by atoms with E-state index in [0.717, 1.165) is 19.3 Å². The van der Waals surface area contributed by atoms with E-state index in [9.17, 15) is 14.9 Å². The maximum absolute atomic E-state index is 12.5. The van der Waals surface area contributed by atoms with Gasteiger partial charge < -0.3 is 14.4 Å². The first kappa shape index (κ1) is 20.8. The van der Waals surface area contributed by atoms with Gasteiger partial charge in [-0.1, -0.05) is 0 Å². The van der Waals surface area contributed by atoms with E-state index in [-0.39, 0.29) is 17.8 Å². The summed E-state index contributed by atoms with van der Waals surface area (Å²) in [6.45, 7) is 6.66. The smallest absolute Gasteiger partial charge is 0.410 e. The Kier molecular flexibility index (Phi) is 6.14. The number of nitro benzene ring substituents is 1. The number of carbonyl (C=O) groups excluding carboxylic acids is 1. The van der Waals surface area contributed by atoms with E-state index >= 15 is 0 Å². The van der Waals surface area contributed by atoms with Crippen molar-refractivity contribution < 1.29 is 19.2 Å². The molecule has 0 aliphatic carbocycles. The number of hydrogen-bond acceptors (Lipinski definition) is 7. The highest BCUT2D eigenvalue weighted by Crippen LogP contribution is 2.23. The first-order valence-electron chi connectivity index (χ1n) is 9.76. The number of likely N-dealkylation sites (tertiary alicyclic amines) is 1. The van der Waals surface area contributed by atoms with Gasteiger partial charge in [0.2, 0.25) is 5.88 Å². The maximum atomic E-state index is 12.5. The second kappa shape index (κ2) is 8.59. The van der Waals surface area contributed by atoms with Gasteiger partial charge in [0.25, 0.3) is 5.69 Å². The second-order valence-corrected chi connectivity index (χ2v) is 8.10. The van der Waals surface area contributed by atoms with Crippen molar-refractivity contribution in [3.05, 3.63) is 34.5 Å². The normalized spacial score (nSPS) is 17.2. The fourth-order valence-corrected chi connectivity index (χ4v) is 3.33. The third-order valence-electron chi connectivity index (χ3n) is 4.67. The predicted octanol–water partition coefficient (Wildman–Crippen LogP) is 4.10. The summed E-state index contributed by atoms with van der Waals surface area (Å²) in [5.41, 5.74) is 0.418. The van der Waals surface area contributed by atoms with Gasteiger partial charge in [-0.2, -0.15) is 0 Å². The molecule has 0 radical (unpaired) electrons. The van der Waals surface area contributed by atoms with Crippen LogP contribution in [0.5, 0.6) is 5.88 Å². The van der Waals surface area contributed by atoms with E-state index in [2.05, 4.69) is 9.97 Å². The third-order valence-corrected chi connectivity index (χ3v) is 4.67. The summed E-state index contributed by atoms with van der Waals surface area (Å²) in [5.74, 6) is 0.353. The summed E-state index contributed by atoms with van der Waals surface area (Å²) in [6.07, 6.45) is 4.79. The summed E-state index contributed by atoms with van der Waals surface area (Å²) in [5, 5.41) is 10.9. The molecule has 0 N–H and O–H groups in total. The molecule has 1 fully saturated rings. The quantitative estimate of drug-likeness (QED) is 0.547. The summed E-state index contributed by atoms with van der Waals surface area (Å²) >= 11 is 0. The molecule has 1 amide bonds. The largest absolute Gasteiger partial charge is 0.476 e. The van der Waals surface area contributed by atoms with Crippen LogP contribution in [0.4, 0.5) is 10.5 Å². The van der Waals surface area contributed by atoms with Crippen molar-refractivity contribution in [1.29, 1.82) is 0 Å². The molecule has 29 heavy (non-hydrogen) atoms. The zero-order chi connectivity index (χ0) is 21.0. The Morgan fingerprint density at radius 1 is 1.31 bits per heavy atom. The summed E-state index contributed by atoms with van der Waals surface area (Å²) in [4.78, 5) is 33.2. The number of hydrogen-bond donors (Lipinski definition) is 0. The fourth-order valence-electron chi connectivity index (χ4n) is 3.33. The van der Waals surface area contributed by atoms with E-state index in [1.165, 1.54) is 18.3 Å². The van der Waals surface area contributed by atoms with Gasteiger partial charge in [-0.05, 0) is 46.1 Å². The number of carbonyl (C=O) groups is 1. The lowest BCUT2D eigenvalue weighted by Gasteiger charge is -2.36. The van der Waals surface area contributed by atoms with Crippen LogP contribution in [0.25, 0.3) is 11.0 Å². The van der Waals surface area contributed by atoms with Crippen molar-refractivity contribution in [2.24, 2.45) is 0 Å². The number of fused-ring (bicyclic) bond motifs is 1. The molecule has 1 aliphatic heterocycles. The van der Waals surface area contributed by atoms with Gasteiger partial charge in [0.05, 0.1) is 28.8 Å². The van der Waals surface area contributed by atoms with Crippen LogP contribution in [0.3, 0.4) is 0 Å². The molecule has 0 saturated carbocycles. The lowest BCUT2D eigenvalue weighted by molar-refractivity contribution is -0.384. The molecule has 0 bridgehead atoms. The van der Waals surface area contributed by atoms with Crippen LogP contribution in [-0.4, -0.2) is 50.7 Å². The first-order chi connectivity index (χ1) is 13.7. The van der Waals surface area contributed by atoms with E-state index in [1.54, 1.807) is 11.0 Å². The zero-order valence-corrected chi connectivity index (χ0v) is 17.0. The van der Waals surface area contributed by atoms with Crippen molar-refractivity contribution in [2.45, 2.75) is 58.1 Å². The molecule has 1 aromatic heterocycles. The van der Waals surface area contributed by atoms with Gasteiger partial charge in [-0.3, -0.25) is 10.1 Å². The van der Waals surface area contributed by atoms with Gasteiger partial charge in [0, 0.05) is 31.1 Å². The molecular formula is C20H26N4O5. The average molecular weight is 402 g/mol. The van der Waals surface area contributed by atoms with Crippen LogP contribution < -0.4 is 4.74 Å². The molecule has 3 rings (SSSR count). The molecule has 1 aromatic carbocycles. The fraction of sp³-hybridized carbons (Fsp3) is 0.550. The zero-order valence-electron chi connectivity index (χ0n) is 17.0. The van der Waals surface area contributed by atoms with E-state index in [0.29, 0.717) is 36.5 Å². The maximum Gasteiger partial charge on any atom is 0.410 e. The summed E-state index contributed by atoms with van der Waals surface area (Å²) < 4.78 is 11.3. The van der Waals surface area contributed by atoms with Gasteiger partial charge in [-0.15, -0.1) is 0 Å². The Morgan fingerprint density at radius 3 is 2.83 bits per heavy atom. The molecule has 0 spiro atoms. The van der Waals surface area contributed by atoms with Crippen molar-refractivity contribution in [3.8, 4) is 5.88 Å². The number of non-ortho nitro benzene ring substituents is 1. The number of nitrogens with zero attached hydrogens (tertiary/aromatic N) is 4. The van der Waals surface area contributed by atoms with E-state index < -0.39 is 10.5 Å². The van der Waals surface area contributed by atoms with E-state index in [4.69, 9.17) is 9.47 Å². The number of amides is 1. The molecular weight excluding hydrogens is 376 g/mol. The standard InChI is InChI=1S/C20H26N4O5/c1-20(2,3)29-19(25)23-10-5-4-6-14(23)9-11-28-18-13-21-17-12-15(24(26)27)7-8-16(17)22-18/h7-8,12-14H,4-6,9-11H2,1-3H3. The van der Waals surface area contributed by atoms with Crippen LogP contribution in [0.2, 0.25) is 0 Å². The van der Waals surface area contributed by atoms with Crippen molar-refractivity contribution in [3.63, 3.8) is 0 Å². The summed E-state index contributed by atoms with van der Waals surface area (Å²) in [6, 6.07) is 4.39. The van der Waals surface area contributed by atoms with Crippen LogP contribution in [0.1, 0.15) is 46.5 Å². The number of ether oxygens (including phenoxy) is 2. The van der Waals surface area contributed by atoms with Gasteiger partial charge in [0.1, 0.15) is 5.60 Å². The number of aromatic nitrogens is 2. The highest BCUT2D eigenvalue weighted by atomic mass is 16.6. The number of piperidine rings is 1. The second-order valence-electron chi connectivity index (χ2n) is 8.10. The third kappa shape index (κ3) is 5.52.